The zero-order valence-electron chi connectivity index (χ0n) is 13.6. The van der Waals surface area contributed by atoms with Crippen LogP contribution in [0.1, 0.15) is 33.1 Å². The SMILES string of the molecule is CCC(O[Si](C)(C)C)C(C)(C1=CCC=C1)C1=CCC=C1. The molecule has 1 unspecified atom stereocenters. The molecule has 0 aromatic heterocycles. The largest absolute Gasteiger partial charge is 0.414 e. The van der Waals surface area contributed by atoms with Crippen LogP contribution in [0.15, 0.2) is 47.6 Å². The van der Waals surface area contributed by atoms with E-state index in [1.165, 1.54) is 11.1 Å². The van der Waals surface area contributed by atoms with Crippen molar-refractivity contribution in [2.75, 3.05) is 0 Å². The molecule has 0 heterocycles. The van der Waals surface area contributed by atoms with Gasteiger partial charge in [0.1, 0.15) is 0 Å². The lowest BCUT2D eigenvalue weighted by Gasteiger charge is -2.42. The number of allylic oxidation sites excluding steroid dienone is 6. The second kappa shape index (κ2) is 5.86. The van der Waals surface area contributed by atoms with Gasteiger partial charge < -0.3 is 4.43 Å². The van der Waals surface area contributed by atoms with Gasteiger partial charge in [-0.2, -0.15) is 0 Å². The molecule has 2 aliphatic carbocycles. The average Bonchev–Trinajstić information content (AvgIpc) is 3.05. The van der Waals surface area contributed by atoms with Crippen molar-refractivity contribution < 1.29 is 4.43 Å². The third kappa shape index (κ3) is 3.07. The minimum atomic E-state index is -1.56. The highest BCUT2D eigenvalue weighted by molar-refractivity contribution is 6.69. The Morgan fingerprint density at radius 1 is 1.10 bits per heavy atom. The van der Waals surface area contributed by atoms with Gasteiger partial charge in [0.15, 0.2) is 8.32 Å². The molecule has 110 valence electrons. The molecule has 2 heteroatoms. The summed E-state index contributed by atoms with van der Waals surface area (Å²) in [5.41, 5.74) is 2.86. The Labute approximate surface area is 125 Å². The fourth-order valence-corrected chi connectivity index (χ4v) is 4.52. The van der Waals surface area contributed by atoms with Crippen LogP contribution in [0.25, 0.3) is 0 Å². The van der Waals surface area contributed by atoms with Crippen molar-refractivity contribution in [3.8, 4) is 0 Å². The highest BCUT2D eigenvalue weighted by atomic mass is 28.4. The molecule has 0 bridgehead atoms. The van der Waals surface area contributed by atoms with Crippen LogP contribution in [0.3, 0.4) is 0 Å². The molecular formula is C18H28OSi. The molecule has 0 aromatic rings. The lowest BCUT2D eigenvalue weighted by Crippen LogP contribution is -2.43. The number of rotatable bonds is 6. The van der Waals surface area contributed by atoms with Crippen LogP contribution < -0.4 is 0 Å². The Kier molecular flexibility index (Phi) is 4.55. The maximum atomic E-state index is 6.57. The summed E-state index contributed by atoms with van der Waals surface area (Å²) >= 11 is 0. The van der Waals surface area contributed by atoms with Crippen molar-refractivity contribution in [3.05, 3.63) is 47.6 Å². The van der Waals surface area contributed by atoms with Gasteiger partial charge in [-0.05, 0) is 57.0 Å². The Bertz CT molecular complexity index is 444. The van der Waals surface area contributed by atoms with Crippen molar-refractivity contribution in [1.82, 2.24) is 0 Å². The van der Waals surface area contributed by atoms with E-state index in [0.29, 0.717) is 0 Å². The van der Waals surface area contributed by atoms with Gasteiger partial charge in [-0.25, -0.2) is 0 Å². The predicted molar refractivity (Wildman–Crippen MR) is 90.3 cm³/mol. The van der Waals surface area contributed by atoms with Crippen molar-refractivity contribution in [1.29, 1.82) is 0 Å². The molecule has 1 atom stereocenters. The minimum Gasteiger partial charge on any atom is -0.414 e. The van der Waals surface area contributed by atoms with E-state index in [-0.39, 0.29) is 11.5 Å². The summed E-state index contributed by atoms with van der Waals surface area (Å²) in [6, 6.07) is 0. The molecular weight excluding hydrogens is 260 g/mol. The van der Waals surface area contributed by atoms with E-state index in [1.807, 2.05) is 0 Å². The van der Waals surface area contributed by atoms with Crippen LogP contribution in [0, 0.1) is 5.41 Å². The Morgan fingerprint density at radius 2 is 1.60 bits per heavy atom. The first kappa shape index (κ1) is 15.5. The molecule has 1 nitrogen and oxygen atoms in total. The van der Waals surface area contributed by atoms with Crippen LogP contribution in [-0.4, -0.2) is 14.4 Å². The molecule has 0 saturated carbocycles. The van der Waals surface area contributed by atoms with E-state index in [4.69, 9.17) is 4.43 Å². The van der Waals surface area contributed by atoms with Crippen LogP contribution >= 0.6 is 0 Å². The number of hydrogen-bond donors (Lipinski definition) is 0. The first-order chi connectivity index (χ1) is 9.38. The molecule has 0 aliphatic heterocycles. The van der Waals surface area contributed by atoms with Gasteiger partial charge in [0.2, 0.25) is 0 Å². The summed E-state index contributed by atoms with van der Waals surface area (Å²) in [5, 5.41) is 0. The van der Waals surface area contributed by atoms with E-state index in [1.54, 1.807) is 0 Å². The third-order valence-electron chi connectivity index (χ3n) is 4.25. The van der Waals surface area contributed by atoms with E-state index in [9.17, 15) is 0 Å². The first-order valence-electron chi connectivity index (χ1n) is 7.80. The van der Waals surface area contributed by atoms with Crippen LogP contribution in [0.5, 0.6) is 0 Å². The summed E-state index contributed by atoms with van der Waals surface area (Å²) < 4.78 is 6.57. The van der Waals surface area contributed by atoms with Gasteiger partial charge in [-0.15, -0.1) is 0 Å². The molecule has 0 saturated heterocycles. The molecule has 2 rings (SSSR count). The molecule has 0 N–H and O–H groups in total. The first-order valence-corrected chi connectivity index (χ1v) is 11.2. The Morgan fingerprint density at radius 3 is 1.90 bits per heavy atom. The van der Waals surface area contributed by atoms with E-state index < -0.39 is 8.32 Å². The smallest absolute Gasteiger partial charge is 0.184 e. The Balaban J connectivity index is 2.39. The van der Waals surface area contributed by atoms with Gasteiger partial charge in [0.05, 0.1) is 6.10 Å². The van der Waals surface area contributed by atoms with Gasteiger partial charge in [-0.1, -0.05) is 43.4 Å². The summed E-state index contributed by atoms with van der Waals surface area (Å²) in [6.45, 7) is 11.5. The summed E-state index contributed by atoms with van der Waals surface area (Å²) in [7, 11) is -1.56. The second-order valence-corrected chi connectivity index (χ2v) is 11.4. The maximum Gasteiger partial charge on any atom is 0.184 e. The molecule has 20 heavy (non-hydrogen) atoms. The van der Waals surface area contributed by atoms with Crippen molar-refractivity contribution in [2.45, 2.75) is 58.9 Å². The van der Waals surface area contributed by atoms with Crippen LogP contribution in [-0.2, 0) is 4.43 Å². The number of hydrogen-bond acceptors (Lipinski definition) is 1. The van der Waals surface area contributed by atoms with Crippen molar-refractivity contribution in [3.63, 3.8) is 0 Å². The van der Waals surface area contributed by atoms with E-state index in [2.05, 4.69) is 69.9 Å². The zero-order chi connectivity index (χ0) is 14.8. The molecule has 0 spiro atoms. The standard InChI is InChI=1S/C18H28OSi/c1-6-17(19-20(3,4)5)18(2,15-11-7-8-12-15)16-13-9-10-14-16/h7,9,11-14,17H,6,8,10H2,1-5H3. The van der Waals surface area contributed by atoms with Crippen LogP contribution in [0.2, 0.25) is 19.6 Å². The summed E-state index contributed by atoms with van der Waals surface area (Å²) in [6.07, 6.45) is 17.3. The molecule has 0 amide bonds. The quantitative estimate of drug-likeness (QED) is 0.595. The van der Waals surface area contributed by atoms with Gasteiger partial charge in [-0.3, -0.25) is 0 Å². The average molecular weight is 289 g/mol. The van der Waals surface area contributed by atoms with E-state index in [0.717, 1.165) is 19.3 Å². The summed E-state index contributed by atoms with van der Waals surface area (Å²) in [4.78, 5) is 0. The lowest BCUT2D eigenvalue weighted by molar-refractivity contribution is 0.103. The van der Waals surface area contributed by atoms with Crippen molar-refractivity contribution in [2.24, 2.45) is 5.41 Å². The Hall–Kier alpha value is -0.863. The minimum absolute atomic E-state index is 0.00493. The lowest BCUT2D eigenvalue weighted by atomic mass is 9.70. The fraction of sp³-hybridized carbons (Fsp3) is 0.556. The van der Waals surface area contributed by atoms with Crippen LogP contribution in [0.4, 0.5) is 0 Å². The second-order valence-electron chi connectivity index (χ2n) is 6.92. The fourth-order valence-electron chi connectivity index (χ4n) is 3.26. The third-order valence-corrected chi connectivity index (χ3v) is 5.24. The molecule has 2 aliphatic rings. The predicted octanol–water partition coefficient (Wildman–Crippen LogP) is 5.40. The zero-order valence-corrected chi connectivity index (χ0v) is 14.6. The molecule has 0 aromatic carbocycles. The van der Waals surface area contributed by atoms with Gasteiger partial charge in [0, 0.05) is 5.41 Å². The van der Waals surface area contributed by atoms with Crippen molar-refractivity contribution >= 4 is 8.32 Å². The highest BCUT2D eigenvalue weighted by Crippen LogP contribution is 2.46. The van der Waals surface area contributed by atoms with E-state index >= 15 is 0 Å². The molecule has 0 radical (unpaired) electrons. The topological polar surface area (TPSA) is 9.23 Å². The maximum absolute atomic E-state index is 6.57. The normalized spacial score (nSPS) is 20.2. The monoisotopic (exact) mass is 288 g/mol. The summed E-state index contributed by atoms with van der Waals surface area (Å²) in [5.74, 6) is 0. The van der Waals surface area contributed by atoms with Gasteiger partial charge >= 0.3 is 0 Å². The molecule has 0 fully saturated rings. The van der Waals surface area contributed by atoms with Gasteiger partial charge in [0.25, 0.3) is 0 Å². The highest BCUT2D eigenvalue weighted by Gasteiger charge is 2.41.